The van der Waals surface area contributed by atoms with Crippen LogP contribution < -0.4 is 5.32 Å². The van der Waals surface area contributed by atoms with Crippen LogP contribution in [0.3, 0.4) is 0 Å². The molecule has 0 bridgehead atoms. The molecule has 0 aliphatic carbocycles. The molecule has 4 heterocycles. The number of aryl methyl sites for hydroxylation is 2. The van der Waals surface area contributed by atoms with Crippen molar-refractivity contribution in [2.24, 2.45) is 7.05 Å². The lowest BCUT2D eigenvalue weighted by molar-refractivity contribution is -0.192. The highest BCUT2D eigenvalue weighted by Gasteiger charge is 2.38. The summed E-state index contributed by atoms with van der Waals surface area (Å²) in [5, 5.41) is 14.8. The molecule has 0 saturated heterocycles. The average molecular weight is 447 g/mol. The second kappa shape index (κ2) is 9.45. The maximum absolute atomic E-state index is 10.6. The van der Waals surface area contributed by atoms with E-state index >= 15 is 0 Å². The van der Waals surface area contributed by atoms with Crippen molar-refractivity contribution in [2.45, 2.75) is 19.5 Å². The van der Waals surface area contributed by atoms with Gasteiger partial charge in [-0.1, -0.05) is 6.07 Å². The second-order valence-corrected chi connectivity index (χ2v) is 6.75. The molecule has 0 fully saturated rings. The van der Waals surface area contributed by atoms with Crippen LogP contribution in [-0.4, -0.2) is 52.9 Å². The van der Waals surface area contributed by atoms with Crippen LogP contribution >= 0.6 is 0 Å². The zero-order valence-electron chi connectivity index (χ0n) is 17.2. The molecule has 0 amide bonds. The quantitative estimate of drug-likeness (QED) is 0.484. The molecule has 0 radical (unpaired) electrons. The number of nitrogens with one attached hydrogen (secondary N) is 1. The van der Waals surface area contributed by atoms with Crippen molar-refractivity contribution < 1.29 is 23.1 Å². The number of nitrogens with zero attached hydrogens (tertiary/aromatic N) is 6. The summed E-state index contributed by atoms with van der Waals surface area (Å²) in [5.41, 5.74) is 4.85. The van der Waals surface area contributed by atoms with Crippen LogP contribution in [0.2, 0.25) is 0 Å². The van der Waals surface area contributed by atoms with E-state index in [0.717, 1.165) is 41.3 Å². The van der Waals surface area contributed by atoms with E-state index < -0.39 is 12.1 Å². The summed E-state index contributed by atoms with van der Waals surface area (Å²) >= 11 is 0. The molecule has 32 heavy (non-hydrogen) atoms. The Labute approximate surface area is 180 Å². The Morgan fingerprint density at radius 2 is 1.94 bits per heavy atom. The number of aliphatic carboxylic acids is 1. The van der Waals surface area contributed by atoms with Gasteiger partial charge in [0.15, 0.2) is 0 Å². The molecule has 9 nitrogen and oxygen atoms in total. The first-order valence-corrected chi connectivity index (χ1v) is 9.44. The Hall–Kier alpha value is -3.96. The Kier molecular flexibility index (Phi) is 6.71. The maximum Gasteiger partial charge on any atom is 0.490 e. The van der Waals surface area contributed by atoms with E-state index in [0.29, 0.717) is 5.95 Å². The number of anilines is 1. The average Bonchev–Trinajstić information content (AvgIpc) is 3.29. The first-order valence-electron chi connectivity index (χ1n) is 9.44. The summed E-state index contributed by atoms with van der Waals surface area (Å²) < 4.78 is 35.6. The molecular formula is C20H20F3N7O2. The van der Waals surface area contributed by atoms with E-state index in [1.54, 1.807) is 10.9 Å². The van der Waals surface area contributed by atoms with Crippen molar-refractivity contribution in [2.75, 3.05) is 11.9 Å². The highest BCUT2D eigenvalue weighted by Crippen LogP contribution is 2.20. The van der Waals surface area contributed by atoms with Gasteiger partial charge < -0.3 is 14.8 Å². The Morgan fingerprint density at radius 3 is 2.56 bits per heavy atom. The van der Waals surface area contributed by atoms with E-state index in [1.165, 1.54) is 0 Å². The Morgan fingerprint density at radius 1 is 1.19 bits per heavy atom. The Balaban J connectivity index is 0.000000360. The second-order valence-electron chi connectivity index (χ2n) is 6.75. The number of fused-ring (bicyclic) bond motifs is 1. The molecule has 0 saturated carbocycles. The molecule has 2 N–H and O–H groups in total. The summed E-state index contributed by atoms with van der Waals surface area (Å²) in [5.74, 6) is -2.14. The highest BCUT2D eigenvalue weighted by molar-refractivity contribution is 5.73. The predicted molar refractivity (Wildman–Crippen MR) is 110 cm³/mol. The number of hydrogen-bond acceptors (Lipinski definition) is 6. The normalized spacial score (nSPS) is 11.2. The zero-order valence-corrected chi connectivity index (χ0v) is 17.2. The maximum atomic E-state index is 10.6. The standard InChI is InChI=1S/C18H19N7.C2HF3O2/c1-13-15(12-24(2)23-13)16-7-9-20-18(22-16)19-8-6-14-11-25-10-4-3-5-17(25)21-14;3-2(4,5)1(6)7/h3-5,7,9-12H,6,8H2,1-2H3,(H,19,20,22);(H,6,7). The van der Waals surface area contributed by atoms with Gasteiger partial charge in [0, 0.05) is 50.4 Å². The van der Waals surface area contributed by atoms with Crippen LogP contribution in [0.4, 0.5) is 19.1 Å². The number of rotatable bonds is 5. The van der Waals surface area contributed by atoms with Gasteiger partial charge in [0.2, 0.25) is 5.95 Å². The van der Waals surface area contributed by atoms with Gasteiger partial charge >= 0.3 is 12.1 Å². The van der Waals surface area contributed by atoms with Crippen LogP contribution in [0.1, 0.15) is 11.4 Å². The topological polar surface area (TPSA) is 110 Å². The zero-order chi connectivity index (χ0) is 23.3. The molecular weight excluding hydrogens is 427 g/mol. The lowest BCUT2D eigenvalue weighted by atomic mass is 10.2. The summed E-state index contributed by atoms with van der Waals surface area (Å²) in [4.78, 5) is 22.4. The van der Waals surface area contributed by atoms with Crippen molar-refractivity contribution in [1.29, 1.82) is 0 Å². The van der Waals surface area contributed by atoms with Gasteiger partial charge in [0.25, 0.3) is 0 Å². The van der Waals surface area contributed by atoms with Crippen LogP contribution in [0, 0.1) is 6.92 Å². The number of aromatic nitrogens is 6. The third kappa shape index (κ3) is 5.80. The minimum atomic E-state index is -5.08. The molecule has 4 rings (SSSR count). The number of carbonyl (C=O) groups is 1. The highest BCUT2D eigenvalue weighted by atomic mass is 19.4. The summed E-state index contributed by atoms with van der Waals surface area (Å²) in [7, 11) is 1.91. The number of halogens is 3. The first-order chi connectivity index (χ1) is 15.1. The van der Waals surface area contributed by atoms with Crippen molar-refractivity contribution in [3.05, 3.63) is 60.4 Å². The van der Waals surface area contributed by atoms with Crippen molar-refractivity contribution >= 4 is 17.6 Å². The molecule has 0 unspecified atom stereocenters. The van der Waals surface area contributed by atoms with E-state index in [1.807, 2.05) is 61.2 Å². The van der Waals surface area contributed by atoms with Gasteiger partial charge in [-0.3, -0.25) is 4.68 Å². The van der Waals surface area contributed by atoms with Gasteiger partial charge in [0.05, 0.1) is 17.1 Å². The van der Waals surface area contributed by atoms with Crippen molar-refractivity contribution in [3.63, 3.8) is 0 Å². The first kappa shape index (κ1) is 22.7. The van der Waals surface area contributed by atoms with Crippen LogP contribution in [0.5, 0.6) is 0 Å². The number of carboxylic acid groups (broad SMARTS) is 1. The monoisotopic (exact) mass is 447 g/mol. The SMILES string of the molecule is Cc1nn(C)cc1-c1ccnc(NCCc2cn3ccccc3n2)n1.O=C(O)C(F)(F)F. The van der Waals surface area contributed by atoms with Gasteiger partial charge in [-0.05, 0) is 25.1 Å². The minimum absolute atomic E-state index is 0.615. The van der Waals surface area contributed by atoms with Crippen LogP contribution in [0.25, 0.3) is 16.9 Å². The van der Waals surface area contributed by atoms with Crippen LogP contribution in [0.15, 0.2) is 49.1 Å². The number of alkyl halides is 3. The largest absolute Gasteiger partial charge is 0.490 e. The van der Waals surface area contributed by atoms with Gasteiger partial charge in [-0.25, -0.2) is 19.7 Å². The van der Waals surface area contributed by atoms with Gasteiger partial charge in [-0.2, -0.15) is 18.3 Å². The molecule has 0 aromatic carbocycles. The molecule has 0 atom stereocenters. The lowest BCUT2D eigenvalue weighted by Crippen LogP contribution is -2.21. The number of imidazole rings is 1. The molecule has 0 spiro atoms. The van der Waals surface area contributed by atoms with Crippen molar-refractivity contribution in [3.8, 4) is 11.3 Å². The van der Waals surface area contributed by atoms with Gasteiger partial charge in [-0.15, -0.1) is 0 Å². The fourth-order valence-corrected chi connectivity index (χ4v) is 2.85. The summed E-state index contributed by atoms with van der Waals surface area (Å²) in [6.07, 6.45) is 3.51. The molecule has 4 aromatic heterocycles. The van der Waals surface area contributed by atoms with E-state index in [9.17, 15) is 13.2 Å². The predicted octanol–water partition coefficient (Wildman–Crippen LogP) is 3.12. The Bertz CT molecular complexity index is 1180. The third-order valence-electron chi connectivity index (χ3n) is 4.27. The number of pyridine rings is 1. The van der Waals surface area contributed by atoms with E-state index in [4.69, 9.17) is 9.90 Å². The molecule has 168 valence electrons. The van der Waals surface area contributed by atoms with E-state index in [-0.39, 0.29) is 0 Å². The van der Waals surface area contributed by atoms with Crippen LogP contribution in [-0.2, 0) is 18.3 Å². The fourth-order valence-electron chi connectivity index (χ4n) is 2.85. The van der Waals surface area contributed by atoms with Crippen molar-refractivity contribution in [1.82, 2.24) is 29.1 Å². The fraction of sp³-hybridized carbons (Fsp3) is 0.250. The summed E-state index contributed by atoms with van der Waals surface area (Å²) in [6.45, 7) is 2.70. The molecule has 4 aromatic rings. The smallest absolute Gasteiger partial charge is 0.475 e. The lowest BCUT2D eigenvalue weighted by Gasteiger charge is -2.05. The van der Waals surface area contributed by atoms with Gasteiger partial charge in [0.1, 0.15) is 5.65 Å². The summed E-state index contributed by atoms with van der Waals surface area (Å²) in [6, 6.07) is 7.89. The number of carboxylic acids is 1. The minimum Gasteiger partial charge on any atom is -0.475 e. The molecule has 0 aliphatic heterocycles. The van der Waals surface area contributed by atoms with E-state index in [2.05, 4.69) is 25.4 Å². The number of hydrogen-bond donors (Lipinski definition) is 2. The molecule has 0 aliphatic rings. The molecule has 12 heteroatoms. The third-order valence-corrected chi connectivity index (χ3v) is 4.27.